The molecule has 4 atom stereocenters. The number of aliphatic carboxylic acids is 1. The van der Waals surface area contributed by atoms with Gasteiger partial charge in [-0.2, -0.15) is 5.26 Å². The Morgan fingerprint density at radius 1 is 1.48 bits per heavy atom. The molecule has 0 aromatic rings. The van der Waals surface area contributed by atoms with Crippen LogP contribution in [0.15, 0.2) is 35.5 Å². The fraction of sp³-hybridized carbons (Fsp3) is 0.526. The number of carbonyl (C=O) groups is 2. The Bertz CT molecular complexity index is 723. The average molecular weight is 311 g/mol. The van der Waals surface area contributed by atoms with Gasteiger partial charge >= 0.3 is 5.97 Å². The van der Waals surface area contributed by atoms with Gasteiger partial charge in [0.25, 0.3) is 0 Å². The van der Waals surface area contributed by atoms with Crippen molar-refractivity contribution < 1.29 is 14.7 Å². The van der Waals surface area contributed by atoms with Crippen LogP contribution < -0.4 is 0 Å². The molecule has 4 heteroatoms. The minimum Gasteiger partial charge on any atom is -0.481 e. The van der Waals surface area contributed by atoms with E-state index in [1.54, 1.807) is 6.08 Å². The summed E-state index contributed by atoms with van der Waals surface area (Å²) >= 11 is 0. The third-order valence-electron chi connectivity index (χ3n) is 6.23. The second-order valence-corrected chi connectivity index (χ2v) is 7.35. The number of carbonyl (C=O) groups excluding carboxylic acids is 1. The minimum atomic E-state index is -0.885. The predicted molar refractivity (Wildman–Crippen MR) is 85.2 cm³/mol. The summed E-state index contributed by atoms with van der Waals surface area (Å²) in [7, 11) is 0. The monoisotopic (exact) mass is 311 g/mol. The zero-order valence-corrected chi connectivity index (χ0v) is 13.6. The number of nitrogens with zero attached hydrogens (tertiary/aromatic N) is 1. The molecule has 0 aromatic carbocycles. The van der Waals surface area contributed by atoms with Crippen molar-refractivity contribution in [3.63, 3.8) is 0 Å². The lowest BCUT2D eigenvalue weighted by molar-refractivity contribution is -0.150. The van der Waals surface area contributed by atoms with Crippen LogP contribution in [0.5, 0.6) is 0 Å². The van der Waals surface area contributed by atoms with E-state index in [0.717, 1.165) is 11.1 Å². The second-order valence-electron chi connectivity index (χ2n) is 7.35. The molecule has 0 bridgehead atoms. The summed E-state index contributed by atoms with van der Waals surface area (Å²) in [6.45, 7) is 7.86. The molecule has 0 radical (unpaired) electrons. The lowest BCUT2D eigenvalue weighted by Crippen LogP contribution is -2.52. The Kier molecular flexibility index (Phi) is 3.37. The molecule has 3 rings (SSSR count). The highest BCUT2D eigenvalue weighted by Gasteiger charge is 2.58. The van der Waals surface area contributed by atoms with Gasteiger partial charge in [0.1, 0.15) is 6.07 Å². The molecule has 1 unspecified atom stereocenters. The van der Waals surface area contributed by atoms with Crippen LogP contribution in [0.4, 0.5) is 0 Å². The van der Waals surface area contributed by atoms with E-state index < -0.39 is 16.8 Å². The van der Waals surface area contributed by atoms with Gasteiger partial charge in [-0.25, -0.2) is 0 Å². The van der Waals surface area contributed by atoms with Crippen molar-refractivity contribution in [2.75, 3.05) is 0 Å². The largest absolute Gasteiger partial charge is 0.481 e. The van der Waals surface area contributed by atoms with Gasteiger partial charge in [-0.3, -0.25) is 9.59 Å². The number of Topliss-reactive ketones (excluding diaryl/α,β-unsaturated/α-hetero) is 1. The molecule has 0 spiro atoms. The fourth-order valence-corrected chi connectivity index (χ4v) is 4.92. The van der Waals surface area contributed by atoms with Crippen LogP contribution >= 0.6 is 0 Å². The first-order chi connectivity index (χ1) is 10.8. The first-order valence-electron chi connectivity index (χ1n) is 8.07. The number of nitriles is 1. The highest BCUT2D eigenvalue weighted by atomic mass is 16.4. The van der Waals surface area contributed by atoms with E-state index in [4.69, 9.17) is 0 Å². The minimum absolute atomic E-state index is 0.0386. The summed E-state index contributed by atoms with van der Waals surface area (Å²) in [4.78, 5) is 24.5. The quantitative estimate of drug-likeness (QED) is 0.805. The molecule has 0 heterocycles. The number of carboxylic acids is 1. The number of ketones is 1. The van der Waals surface area contributed by atoms with E-state index in [9.17, 15) is 20.0 Å². The third kappa shape index (κ3) is 1.96. The van der Waals surface area contributed by atoms with Crippen LogP contribution in [-0.2, 0) is 9.59 Å². The normalized spacial score (nSPS) is 39.5. The topological polar surface area (TPSA) is 78.2 Å². The van der Waals surface area contributed by atoms with E-state index in [1.807, 2.05) is 26.0 Å². The fourth-order valence-electron chi connectivity index (χ4n) is 4.92. The summed E-state index contributed by atoms with van der Waals surface area (Å²) in [5, 5.41) is 19.2. The molecule has 0 aliphatic heterocycles. The van der Waals surface area contributed by atoms with Crippen molar-refractivity contribution in [2.24, 2.45) is 22.7 Å². The first-order valence-corrected chi connectivity index (χ1v) is 8.07. The molecule has 3 aliphatic rings. The lowest BCUT2D eigenvalue weighted by Gasteiger charge is -2.54. The van der Waals surface area contributed by atoms with Crippen LogP contribution in [0.1, 0.15) is 39.5 Å². The summed E-state index contributed by atoms with van der Waals surface area (Å²) < 4.78 is 0. The Morgan fingerprint density at radius 2 is 2.17 bits per heavy atom. The molecule has 23 heavy (non-hydrogen) atoms. The van der Waals surface area contributed by atoms with Crippen LogP contribution in [0.2, 0.25) is 0 Å². The Morgan fingerprint density at radius 3 is 2.78 bits per heavy atom. The lowest BCUT2D eigenvalue weighted by atomic mass is 9.47. The smallest absolute Gasteiger partial charge is 0.313 e. The number of fused-ring (bicyclic) bond motifs is 3. The highest BCUT2D eigenvalue weighted by molar-refractivity contribution is 6.02. The van der Waals surface area contributed by atoms with Gasteiger partial charge in [-0.05, 0) is 37.2 Å². The van der Waals surface area contributed by atoms with Crippen LogP contribution in [-0.4, -0.2) is 16.9 Å². The number of hydrogen-bond acceptors (Lipinski definition) is 3. The number of hydrogen-bond donors (Lipinski definition) is 1. The molecular weight excluding hydrogens is 290 g/mol. The molecule has 1 saturated carbocycles. The first kappa shape index (κ1) is 15.7. The van der Waals surface area contributed by atoms with Gasteiger partial charge in [0.2, 0.25) is 0 Å². The Balaban J connectivity index is 2.25. The van der Waals surface area contributed by atoms with Crippen molar-refractivity contribution in [3.8, 4) is 6.07 Å². The van der Waals surface area contributed by atoms with Gasteiger partial charge in [0.05, 0.1) is 11.0 Å². The number of rotatable bonds is 1. The van der Waals surface area contributed by atoms with E-state index in [-0.39, 0.29) is 23.2 Å². The number of allylic oxidation sites excluding steroid dienone is 4. The standard InChI is InChI=1S/C19H21NO3/c1-11-4-6-19(17(22)23)7-5-14-12(2)16(21)13(10-20)9-18(14,3)15(19)8-11/h8-9,12,14H,1,4-7H2,2-3H3,(H,22,23)/t12-,14?,18+,19+/m1/s1. The Labute approximate surface area is 136 Å². The average Bonchev–Trinajstić information content (AvgIpc) is 2.51. The highest BCUT2D eigenvalue weighted by Crippen LogP contribution is 2.62. The summed E-state index contributed by atoms with van der Waals surface area (Å²) in [5.74, 6) is -1.14. The SMILES string of the molecule is C=C1C=C2[C@](C(=O)O)(CC1)CCC1[C@@H](C)C(=O)C(C#N)=C[C@]21C. The molecule has 120 valence electrons. The Hall–Kier alpha value is -2.15. The summed E-state index contributed by atoms with van der Waals surface area (Å²) in [6, 6.07) is 2.01. The van der Waals surface area contributed by atoms with Gasteiger partial charge in [-0.1, -0.05) is 38.2 Å². The summed E-state index contributed by atoms with van der Waals surface area (Å²) in [5.41, 5.74) is 0.462. The van der Waals surface area contributed by atoms with E-state index in [2.05, 4.69) is 6.58 Å². The molecule has 0 amide bonds. The van der Waals surface area contributed by atoms with Gasteiger partial charge in [0.15, 0.2) is 5.78 Å². The molecule has 1 N–H and O–H groups in total. The van der Waals surface area contributed by atoms with Crippen molar-refractivity contribution in [1.82, 2.24) is 0 Å². The van der Waals surface area contributed by atoms with Crippen LogP contribution in [0.3, 0.4) is 0 Å². The maximum absolute atomic E-state index is 12.3. The van der Waals surface area contributed by atoms with Crippen molar-refractivity contribution in [2.45, 2.75) is 39.5 Å². The predicted octanol–water partition coefficient (Wildman–Crippen LogP) is 3.42. The van der Waals surface area contributed by atoms with E-state index in [1.165, 1.54) is 0 Å². The van der Waals surface area contributed by atoms with Crippen molar-refractivity contribution in [3.05, 3.63) is 35.5 Å². The van der Waals surface area contributed by atoms with Gasteiger partial charge in [-0.15, -0.1) is 0 Å². The zero-order valence-electron chi connectivity index (χ0n) is 13.6. The molecule has 4 nitrogen and oxygen atoms in total. The van der Waals surface area contributed by atoms with Crippen LogP contribution in [0, 0.1) is 34.0 Å². The van der Waals surface area contributed by atoms with Gasteiger partial charge in [0, 0.05) is 11.3 Å². The van der Waals surface area contributed by atoms with Crippen LogP contribution in [0.25, 0.3) is 0 Å². The van der Waals surface area contributed by atoms with Crippen molar-refractivity contribution >= 4 is 11.8 Å². The van der Waals surface area contributed by atoms with E-state index >= 15 is 0 Å². The maximum atomic E-state index is 12.3. The summed E-state index contributed by atoms with van der Waals surface area (Å²) in [6.07, 6.45) is 6.11. The van der Waals surface area contributed by atoms with E-state index in [0.29, 0.717) is 25.7 Å². The number of carboxylic acid groups (broad SMARTS) is 1. The molecule has 0 aromatic heterocycles. The third-order valence-corrected chi connectivity index (χ3v) is 6.23. The maximum Gasteiger partial charge on any atom is 0.313 e. The molecule has 1 fully saturated rings. The molecular formula is C19H21NO3. The van der Waals surface area contributed by atoms with Crippen molar-refractivity contribution in [1.29, 1.82) is 5.26 Å². The zero-order chi connectivity index (χ0) is 17.0. The molecule has 0 saturated heterocycles. The molecule has 3 aliphatic carbocycles. The second kappa shape index (κ2) is 4.92. The van der Waals surface area contributed by atoms with Gasteiger partial charge < -0.3 is 5.11 Å².